The molecule has 1 aliphatic heterocycles. The summed E-state index contributed by atoms with van der Waals surface area (Å²) in [5.41, 5.74) is 0.346. The number of esters is 2. The number of ether oxygens (including phenoxy) is 2. The monoisotopic (exact) mass is 454 g/mol. The maximum atomic E-state index is 13.1. The molecule has 3 fully saturated rings. The Balaban J connectivity index is 1.63. The standard InChI is InChI=1S/C24H39ClN2O4/c1-18-3-7-20(8-4-18)30-23(28)17-22(27-15-13-26(12-11-25)14-16-27)24(29)31-21-9-5-19(2)6-10-21/h17-21H,3-16H2,1-2H3/b22-17+. The lowest BCUT2D eigenvalue weighted by Crippen LogP contribution is -2.48. The molecule has 0 N–H and O–H groups in total. The minimum absolute atomic E-state index is 0.0439. The first kappa shape index (κ1) is 24.4. The van der Waals surface area contributed by atoms with Crippen molar-refractivity contribution in [2.45, 2.75) is 77.4 Å². The zero-order valence-corrected chi connectivity index (χ0v) is 19.9. The first-order chi connectivity index (χ1) is 14.9. The summed E-state index contributed by atoms with van der Waals surface area (Å²) < 4.78 is 11.5. The first-order valence-corrected chi connectivity index (χ1v) is 12.6. The van der Waals surface area contributed by atoms with Crippen molar-refractivity contribution in [2.75, 3.05) is 38.6 Å². The van der Waals surface area contributed by atoms with Crippen molar-refractivity contribution in [2.24, 2.45) is 11.8 Å². The zero-order valence-electron chi connectivity index (χ0n) is 19.2. The molecule has 1 saturated heterocycles. The minimum Gasteiger partial charge on any atom is -0.459 e. The fourth-order valence-corrected chi connectivity index (χ4v) is 5.07. The van der Waals surface area contributed by atoms with Crippen LogP contribution in [0.15, 0.2) is 11.8 Å². The summed E-state index contributed by atoms with van der Waals surface area (Å²) in [6.07, 6.45) is 9.20. The molecule has 6 nitrogen and oxygen atoms in total. The third kappa shape index (κ3) is 7.67. The summed E-state index contributed by atoms with van der Waals surface area (Å²) in [6.45, 7) is 8.29. The van der Waals surface area contributed by atoms with E-state index in [0.717, 1.165) is 71.0 Å². The summed E-state index contributed by atoms with van der Waals surface area (Å²) in [7, 11) is 0. The van der Waals surface area contributed by atoms with Gasteiger partial charge in [-0.05, 0) is 63.2 Å². The van der Waals surface area contributed by atoms with E-state index in [0.29, 0.717) is 36.5 Å². The van der Waals surface area contributed by atoms with E-state index in [9.17, 15) is 9.59 Å². The quantitative estimate of drug-likeness (QED) is 0.329. The average molecular weight is 455 g/mol. The van der Waals surface area contributed by atoms with Crippen molar-refractivity contribution in [1.29, 1.82) is 0 Å². The van der Waals surface area contributed by atoms with Gasteiger partial charge >= 0.3 is 11.9 Å². The van der Waals surface area contributed by atoms with Crippen LogP contribution in [0.4, 0.5) is 0 Å². The van der Waals surface area contributed by atoms with Gasteiger partial charge in [-0.15, -0.1) is 11.6 Å². The summed E-state index contributed by atoms with van der Waals surface area (Å²) in [5.74, 6) is 1.16. The molecule has 0 aromatic rings. The van der Waals surface area contributed by atoms with Crippen molar-refractivity contribution in [1.82, 2.24) is 9.80 Å². The molecule has 3 aliphatic rings. The Morgan fingerprint density at radius 3 is 1.87 bits per heavy atom. The van der Waals surface area contributed by atoms with Gasteiger partial charge in [0.1, 0.15) is 17.9 Å². The molecule has 176 valence electrons. The second kappa shape index (κ2) is 12.1. The van der Waals surface area contributed by atoms with E-state index >= 15 is 0 Å². The predicted molar refractivity (Wildman–Crippen MR) is 122 cm³/mol. The lowest BCUT2D eigenvalue weighted by molar-refractivity contribution is -0.150. The Morgan fingerprint density at radius 2 is 1.35 bits per heavy atom. The van der Waals surface area contributed by atoms with Gasteiger partial charge in [-0.1, -0.05) is 13.8 Å². The van der Waals surface area contributed by atoms with Crippen LogP contribution < -0.4 is 0 Å². The number of rotatable bonds is 7. The highest BCUT2D eigenvalue weighted by atomic mass is 35.5. The van der Waals surface area contributed by atoms with E-state index in [4.69, 9.17) is 21.1 Å². The van der Waals surface area contributed by atoms with Gasteiger partial charge in [0.15, 0.2) is 0 Å². The van der Waals surface area contributed by atoms with Crippen LogP contribution in [-0.4, -0.2) is 72.6 Å². The lowest BCUT2D eigenvalue weighted by atomic mass is 9.89. The van der Waals surface area contributed by atoms with Crippen LogP contribution in [0.2, 0.25) is 0 Å². The molecule has 0 radical (unpaired) electrons. The third-order valence-corrected chi connectivity index (χ3v) is 7.23. The van der Waals surface area contributed by atoms with Crippen molar-refractivity contribution in [3.63, 3.8) is 0 Å². The van der Waals surface area contributed by atoms with Crippen LogP contribution in [0.25, 0.3) is 0 Å². The van der Waals surface area contributed by atoms with Crippen molar-refractivity contribution >= 4 is 23.5 Å². The number of hydrogen-bond donors (Lipinski definition) is 0. The van der Waals surface area contributed by atoms with Crippen LogP contribution in [-0.2, 0) is 19.1 Å². The molecule has 2 saturated carbocycles. The molecule has 7 heteroatoms. The largest absolute Gasteiger partial charge is 0.459 e. The third-order valence-electron chi connectivity index (χ3n) is 7.06. The highest BCUT2D eigenvalue weighted by molar-refractivity contribution is 6.18. The Morgan fingerprint density at radius 1 is 0.839 bits per heavy atom. The van der Waals surface area contributed by atoms with Crippen LogP contribution in [0.1, 0.15) is 65.2 Å². The van der Waals surface area contributed by atoms with Gasteiger partial charge in [0.2, 0.25) is 0 Å². The van der Waals surface area contributed by atoms with Crippen molar-refractivity contribution < 1.29 is 19.1 Å². The molecule has 0 atom stereocenters. The molecule has 0 aromatic carbocycles. The molecule has 2 aliphatic carbocycles. The van der Waals surface area contributed by atoms with Crippen molar-refractivity contribution in [3.8, 4) is 0 Å². The number of carbonyl (C=O) groups is 2. The van der Waals surface area contributed by atoms with Gasteiger partial charge in [-0.2, -0.15) is 0 Å². The highest BCUT2D eigenvalue weighted by Crippen LogP contribution is 2.28. The van der Waals surface area contributed by atoms with Crippen molar-refractivity contribution in [3.05, 3.63) is 11.8 Å². The maximum absolute atomic E-state index is 13.1. The topological polar surface area (TPSA) is 59.1 Å². The molecule has 0 spiro atoms. The SMILES string of the molecule is CC1CCC(OC(=O)/C=C(\C(=O)OC2CCC(C)CC2)N2CCN(CCCl)CC2)CC1. The summed E-state index contributed by atoms with van der Waals surface area (Å²) >= 11 is 5.87. The molecule has 0 amide bonds. The van der Waals surface area contributed by atoms with Gasteiger partial charge in [-0.3, -0.25) is 4.90 Å². The fourth-order valence-electron chi connectivity index (χ4n) is 4.83. The minimum atomic E-state index is -0.424. The molecular weight excluding hydrogens is 416 g/mol. The lowest BCUT2D eigenvalue weighted by Gasteiger charge is -2.36. The van der Waals surface area contributed by atoms with E-state index in [1.807, 2.05) is 4.90 Å². The van der Waals surface area contributed by atoms with E-state index in [1.54, 1.807) is 0 Å². The molecular formula is C24H39ClN2O4. The summed E-state index contributed by atoms with van der Waals surface area (Å²) in [5, 5.41) is 0. The molecule has 31 heavy (non-hydrogen) atoms. The fraction of sp³-hybridized carbons (Fsp3) is 0.833. The second-order valence-corrected chi connectivity index (χ2v) is 10.0. The highest BCUT2D eigenvalue weighted by Gasteiger charge is 2.29. The molecule has 0 bridgehead atoms. The second-order valence-electron chi connectivity index (χ2n) is 9.65. The van der Waals surface area contributed by atoms with Crippen LogP contribution in [0.3, 0.4) is 0 Å². The summed E-state index contributed by atoms with van der Waals surface area (Å²) in [6, 6.07) is 0. The Kier molecular flexibility index (Phi) is 9.51. The van der Waals surface area contributed by atoms with Gasteiger partial charge in [0.05, 0.1) is 6.08 Å². The summed E-state index contributed by atoms with van der Waals surface area (Å²) in [4.78, 5) is 30.0. The van der Waals surface area contributed by atoms with Crippen LogP contribution in [0, 0.1) is 11.8 Å². The Hall–Kier alpha value is -1.27. The molecule has 0 unspecified atom stereocenters. The predicted octanol–water partition coefficient (Wildman–Crippen LogP) is 3.97. The zero-order chi connectivity index (χ0) is 22.2. The first-order valence-electron chi connectivity index (χ1n) is 12.1. The van der Waals surface area contributed by atoms with Gasteiger partial charge in [-0.25, -0.2) is 9.59 Å². The van der Waals surface area contributed by atoms with Crippen LogP contribution in [0.5, 0.6) is 0 Å². The van der Waals surface area contributed by atoms with Gasteiger partial charge in [0.25, 0.3) is 0 Å². The number of carbonyl (C=O) groups excluding carboxylic acids is 2. The number of hydrogen-bond acceptors (Lipinski definition) is 6. The number of alkyl halides is 1. The maximum Gasteiger partial charge on any atom is 0.355 e. The van der Waals surface area contributed by atoms with E-state index < -0.39 is 5.97 Å². The van der Waals surface area contributed by atoms with E-state index in [2.05, 4.69) is 18.7 Å². The number of nitrogens with zero attached hydrogens (tertiary/aromatic N) is 2. The number of piperazine rings is 1. The van der Waals surface area contributed by atoms with Gasteiger partial charge < -0.3 is 14.4 Å². The molecule has 3 rings (SSSR count). The number of halogens is 1. The molecule has 0 aromatic heterocycles. The molecule has 1 heterocycles. The van der Waals surface area contributed by atoms with E-state index in [1.165, 1.54) is 6.08 Å². The average Bonchev–Trinajstić information content (AvgIpc) is 2.76. The van der Waals surface area contributed by atoms with Gasteiger partial charge in [0, 0.05) is 38.6 Å². The Bertz CT molecular complexity index is 617. The Labute approximate surface area is 192 Å². The smallest absolute Gasteiger partial charge is 0.355 e. The van der Waals surface area contributed by atoms with Crippen LogP contribution >= 0.6 is 11.6 Å². The normalized spacial score (nSPS) is 30.7. The van der Waals surface area contributed by atoms with E-state index in [-0.39, 0.29) is 18.2 Å².